The Morgan fingerprint density at radius 1 is 1.41 bits per heavy atom. The molecule has 3 nitrogen and oxygen atoms in total. The van der Waals surface area contributed by atoms with Crippen molar-refractivity contribution in [3.8, 4) is 0 Å². The Morgan fingerprint density at radius 3 is 2.53 bits per heavy atom. The van der Waals surface area contributed by atoms with Gasteiger partial charge in [-0.05, 0) is 51.1 Å². The average molecular weight is 235 g/mol. The highest BCUT2D eigenvalue weighted by Gasteiger charge is 2.28. The van der Waals surface area contributed by atoms with Gasteiger partial charge in [0.05, 0.1) is 5.69 Å². The Bertz CT molecular complexity index is 377. The summed E-state index contributed by atoms with van der Waals surface area (Å²) in [7, 11) is 2.04. The minimum absolute atomic E-state index is 0.648. The highest BCUT2D eigenvalue weighted by Crippen LogP contribution is 2.31. The molecule has 0 spiro atoms. The molecule has 1 aliphatic rings. The molecule has 1 N–H and O–H groups in total. The maximum absolute atomic E-state index is 4.52. The molecule has 0 bridgehead atoms. The topological polar surface area (TPSA) is 29.9 Å². The first-order valence-electron chi connectivity index (χ1n) is 6.86. The van der Waals surface area contributed by atoms with Crippen LogP contribution in [0.2, 0.25) is 0 Å². The molecule has 0 amide bonds. The van der Waals surface area contributed by atoms with Crippen molar-refractivity contribution in [2.45, 2.75) is 52.5 Å². The second-order valence-electron chi connectivity index (χ2n) is 5.33. The lowest BCUT2D eigenvalue weighted by atomic mass is 9.77. The molecule has 1 heterocycles. The van der Waals surface area contributed by atoms with Crippen molar-refractivity contribution in [2.24, 2.45) is 13.0 Å². The van der Waals surface area contributed by atoms with Gasteiger partial charge < -0.3 is 5.32 Å². The van der Waals surface area contributed by atoms with Crippen molar-refractivity contribution >= 4 is 0 Å². The number of nitrogens with one attached hydrogen (secondary N) is 1. The Labute approximate surface area is 105 Å². The zero-order chi connectivity index (χ0) is 12.4. The molecule has 1 aliphatic carbocycles. The van der Waals surface area contributed by atoms with Crippen LogP contribution < -0.4 is 5.32 Å². The van der Waals surface area contributed by atoms with Crippen LogP contribution in [0.5, 0.6) is 0 Å². The predicted octanol–water partition coefficient (Wildman–Crippen LogP) is 2.36. The van der Waals surface area contributed by atoms with E-state index in [0.29, 0.717) is 6.04 Å². The van der Waals surface area contributed by atoms with E-state index in [0.717, 1.165) is 18.9 Å². The third-order valence-electron chi connectivity index (χ3n) is 4.27. The van der Waals surface area contributed by atoms with E-state index < -0.39 is 0 Å². The normalized spacial score (nSPS) is 18.1. The number of nitrogens with zero attached hydrogens (tertiary/aromatic N) is 2. The molecular weight excluding hydrogens is 210 g/mol. The lowest BCUT2D eigenvalue weighted by molar-refractivity contribution is 0.229. The van der Waals surface area contributed by atoms with Crippen LogP contribution in [-0.2, 0) is 13.5 Å². The fraction of sp³-hybridized carbons (Fsp3) is 0.786. The van der Waals surface area contributed by atoms with E-state index >= 15 is 0 Å². The molecule has 2 rings (SSSR count). The number of likely N-dealkylation sites (N-methyl/N-ethyl adjacent to an activating group) is 1. The Kier molecular flexibility index (Phi) is 3.87. The van der Waals surface area contributed by atoms with E-state index in [4.69, 9.17) is 0 Å². The minimum atomic E-state index is 0.648. The van der Waals surface area contributed by atoms with Crippen LogP contribution in [-0.4, -0.2) is 22.4 Å². The first kappa shape index (κ1) is 12.6. The van der Waals surface area contributed by atoms with Crippen LogP contribution in [0.3, 0.4) is 0 Å². The van der Waals surface area contributed by atoms with Gasteiger partial charge in [-0.25, -0.2) is 0 Å². The number of rotatable bonds is 5. The standard InChI is InChI=1S/C14H25N3/c1-5-15-14(12-7-6-8-12)9-13-10(2)16-17(4)11(13)3/h12,14-15H,5-9H2,1-4H3. The van der Waals surface area contributed by atoms with Crippen LogP contribution in [0.25, 0.3) is 0 Å². The molecule has 1 saturated carbocycles. The third-order valence-corrected chi connectivity index (χ3v) is 4.27. The molecule has 3 heteroatoms. The van der Waals surface area contributed by atoms with Crippen molar-refractivity contribution in [3.63, 3.8) is 0 Å². The smallest absolute Gasteiger partial charge is 0.0628 e. The van der Waals surface area contributed by atoms with Crippen LogP contribution in [0.4, 0.5) is 0 Å². The molecular formula is C14H25N3. The van der Waals surface area contributed by atoms with Crippen LogP contribution in [0.15, 0.2) is 0 Å². The van der Waals surface area contributed by atoms with E-state index in [2.05, 4.69) is 31.2 Å². The van der Waals surface area contributed by atoms with E-state index in [1.54, 1.807) is 0 Å². The lowest BCUT2D eigenvalue weighted by Gasteiger charge is -2.34. The zero-order valence-corrected chi connectivity index (χ0v) is 11.6. The summed E-state index contributed by atoms with van der Waals surface area (Å²) in [4.78, 5) is 0. The molecule has 0 aromatic carbocycles. The highest BCUT2D eigenvalue weighted by atomic mass is 15.3. The van der Waals surface area contributed by atoms with E-state index in [1.165, 1.54) is 36.2 Å². The van der Waals surface area contributed by atoms with Crippen LogP contribution in [0.1, 0.15) is 43.1 Å². The highest BCUT2D eigenvalue weighted by molar-refractivity contribution is 5.25. The summed E-state index contributed by atoms with van der Waals surface area (Å²) in [5.41, 5.74) is 3.97. The monoisotopic (exact) mass is 235 g/mol. The summed E-state index contributed by atoms with van der Waals surface area (Å²) in [6.07, 6.45) is 5.35. The second kappa shape index (κ2) is 5.21. The summed E-state index contributed by atoms with van der Waals surface area (Å²) < 4.78 is 2.01. The van der Waals surface area contributed by atoms with Crippen LogP contribution >= 0.6 is 0 Å². The van der Waals surface area contributed by atoms with Crippen molar-refractivity contribution < 1.29 is 0 Å². The van der Waals surface area contributed by atoms with Gasteiger partial charge in [0.15, 0.2) is 0 Å². The maximum Gasteiger partial charge on any atom is 0.0628 e. The Hall–Kier alpha value is -0.830. The predicted molar refractivity (Wildman–Crippen MR) is 71.2 cm³/mol. The van der Waals surface area contributed by atoms with Gasteiger partial charge in [0.2, 0.25) is 0 Å². The van der Waals surface area contributed by atoms with Gasteiger partial charge in [0.1, 0.15) is 0 Å². The van der Waals surface area contributed by atoms with Gasteiger partial charge in [0.25, 0.3) is 0 Å². The lowest BCUT2D eigenvalue weighted by Crippen LogP contribution is -2.41. The number of hydrogen-bond acceptors (Lipinski definition) is 2. The number of aryl methyl sites for hydroxylation is 2. The van der Waals surface area contributed by atoms with Crippen molar-refractivity contribution in [3.05, 3.63) is 17.0 Å². The molecule has 1 unspecified atom stereocenters. The second-order valence-corrected chi connectivity index (χ2v) is 5.33. The fourth-order valence-corrected chi connectivity index (χ4v) is 2.84. The van der Waals surface area contributed by atoms with E-state index in [-0.39, 0.29) is 0 Å². The van der Waals surface area contributed by atoms with Crippen molar-refractivity contribution in [2.75, 3.05) is 6.54 Å². The summed E-state index contributed by atoms with van der Waals surface area (Å²) in [5.74, 6) is 0.883. The molecule has 0 saturated heterocycles. The number of aromatic nitrogens is 2. The number of hydrogen-bond donors (Lipinski definition) is 1. The summed E-state index contributed by atoms with van der Waals surface area (Å²) in [6, 6.07) is 0.648. The van der Waals surface area contributed by atoms with Crippen molar-refractivity contribution in [1.29, 1.82) is 0 Å². The summed E-state index contributed by atoms with van der Waals surface area (Å²) in [5, 5.41) is 8.18. The average Bonchev–Trinajstić information content (AvgIpc) is 2.43. The van der Waals surface area contributed by atoms with E-state index in [1.807, 2.05) is 11.7 Å². The minimum Gasteiger partial charge on any atom is -0.314 e. The zero-order valence-electron chi connectivity index (χ0n) is 11.6. The molecule has 1 atom stereocenters. The molecule has 1 fully saturated rings. The Morgan fingerprint density at radius 2 is 2.12 bits per heavy atom. The van der Waals surface area contributed by atoms with Gasteiger partial charge in [0, 0.05) is 18.8 Å². The van der Waals surface area contributed by atoms with Gasteiger partial charge in [-0.3, -0.25) is 4.68 Å². The quantitative estimate of drug-likeness (QED) is 0.849. The Balaban J connectivity index is 2.10. The molecule has 0 aliphatic heterocycles. The molecule has 1 aromatic heterocycles. The molecule has 1 aromatic rings. The van der Waals surface area contributed by atoms with Crippen molar-refractivity contribution in [1.82, 2.24) is 15.1 Å². The fourth-order valence-electron chi connectivity index (χ4n) is 2.84. The molecule has 0 radical (unpaired) electrons. The largest absolute Gasteiger partial charge is 0.314 e. The first-order chi connectivity index (χ1) is 8.13. The maximum atomic E-state index is 4.52. The van der Waals surface area contributed by atoms with Gasteiger partial charge in [-0.2, -0.15) is 5.10 Å². The van der Waals surface area contributed by atoms with E-state index in [9.17, 15) is 0 Å². The van der Waals surface area contributed by atoms with Gasteiger partial charge in [-0.15, -0.1) is 0 Å². The van der Waals surface area contributed by atoms with Crippen LogP contribution in [0, 0.1) is 19.8 Å². The SMILES string of the molecule is CCNC(Cc1c(C)nn(C)c1C)C1CCC1. The first-order valence-corrected chi connectivity index (χ1v) is 6.86. The molecule has 17 heavy (non-hydrogen) atoms. The molecule has 96 valence electrons. The summed E-state index contributed by atoms with van der Waals surface area (Å²) in [6.45, 7) is 7.58. The van der Waals surface area contributed by atoms with Gasteiger partial charge >= 0.3 is 0 Å². The summed E-state index contributed by atoms with van der Waals surface area (Å²) >= 11 is 0. The third kappa shape index (κ3) is 2.54. The van der Waals surface area contributed by atoms with Gasteiger partial charge in [-0.1, -0.05) is 13.3 Å².